The number of benzene rings is 2. The van der Waals surface area contributed by atoms with Gasteiger partial charge in [0.15, 0.2) is 29.1 Å². The van der Waals surface area contributed by atoms with E-state index in [1.54, 1.807) is 14.2 Å². The highest BCUT2D eigenvalue weighted by atomic mass is 16.6. The molecule has 8 nitrogen and oxygen atoms in total. The first-order chi connectivity index (χ1) is 21.4. The molecule has 0 saturated carbocycles. The van der Waals surface area contributed by atoms with Crippen LogP contribution in [0, 0.1) is 16.7 Å². The fourth-order valence-corrected chi connectivity index (χ4v) is 6.29. The van der Waals surface area contributed by atoms with Gasteiger partial charge >= 0.3 is 0 Å². The Balaban J connectivity index is 1.54. The quantitative estimate of drug-likeness (QED) is 0.169. The molecule has 0 spiro atoms. The summed E-state index contributed by atoms with van der Waals surface area (Å²) in [5.41, 5.74) is 1.61. The van der Waals surface area contributed by atoms with E-state index < -0.39 is 5.41 Å². The van der Waals surface area contributed by atoms with E-state index in [0.717, 1.165) is 99.1 Å². The Kier molecular flexibility index (Phi) is 12.3. The van der Waals surface area contributed by atoms with Gasteiger partial charge in [0.1, 0.15) is 6.61 Å². The number of nitriles is 1. The van der Waals surface area contributed by atoms with Gasteiger partial charge in [-0.2, -0.15) is 5.26 Å². The number of ether oxygens (including phenoxy) is 6. The highest BCUT2D eigenvalue weighted by Crippen LogP contribution is 2.52. The maximum atomic E-state index is 10.3. The van der Waals surface area contributed by atoms with Crippen molar-refractivity contribution in [3.63, 3.8) is 0 Å². The van der Waals surface area contributed by atoms with Crippen LogP contribution >= 0.6 is 0 Å². The average molecular weight is 609 g/mol. The lowest BCUT2D eigenvalue weighted by Crippen LogP contribution is -2.43. The summed E-state index contributed by atoms with van der Waals surface area (Å²) >= 11 is 0. The van der Waals surface area contributed by atoms with Crippen molar-refractivity contribution in [3.05, 3.63) is 35.4 Å². The van der Waals surface area contributed by atoms with Crippen molar-refractivity contribution in [3.8, 4) is 40.6 Å². The van der Waals surface area contributed by atoms with Crippen molar-refractivity contribution in [2.75, 3.05) is 41.1 Å². The topological polar surface area (TPSA) is 82.4 Å². The lowest BCUT2D eigenvalue weighted by atomic mass is 9.79. The zero-order chi connectivity index (χ0) is 31.5. The molecule has 242 valence electrons. The van der Waals surface area contributed by atoms with Crippen LogP contribution in [0.4, 0.5) is 0 Å². The second-order valence-corrected chi connectivity index (χ2v) is 12.4. The third-order valence-corrected chi connectivity index (χ3v) is 9.11. The van der Waals surface area contributed by atoms with Crippen molar-refractivity contribution in [2.24, 2.45) is 5.41 Å². The number of fused-ring (bicyclic) bond motifs is 2. The molecule has 3 atom stereocenters. The van der Waals surface area contributed by atoms with Gasteiger partial charge in [-0.15, -0.1) is 0 Å². The summed E-state index contributed by atoms with van der Waals surface area (Å²) in [6.07, 6.45) is 9.50. The van der Waals surface area contributed by atoms with Crippen LogP contribution in [0.15, 0.2) is 24.3 Å². The van der Waals surface area contributed by atoms with E-state index in [1.807, 2.05) is 31.2 Å². The van der Waals surface area contributed by atoms with E-state index in [1.165, 1.54) is 0 Å². The maximum Gasteiger partial charge on any atom is 0.207 e. The molecule has 0 radical (unpaired) electrons. The van der Waals surface area contributed by atoms with Crippen molar-refractivity contribution in [1.29, 1.82) is 5.26 Å². The number of hydrogen-bond acceptors (Lipinski definition) is 8. The molecule has 44 heavy (non-hydrogen) atoms. The summed E-state index contributed by atoms with van der Waals surface area (Å²) in [4.78, 5) is 2.40. The van der Waals surface area contributed by atoms with Crippen LogP contribution in [0.1, 0.15) is 89.7 Å². The standard InChI is InChI=1S/C36H52N2O6/c1-7-9-13-20-41-32-27-22-26(16-15-19-36(3,25-37)31-24-43-29-17-11-12-18-30(29)44-31)38(4)23-28(27)33(42-21-14-10-8-2)35(40-6)34(32)39-5/h11-12,17-18,26,31H,7-10,13-16,19-24H2,1-6H3. The van der Waals surface area contributed by atoms with Crippen LogP contribution in [0.5, 0.6) is 34.5 Å². The summed E-state index contributed by atoms with van der Waals surface area (Å²) in [6.45, 7) is 8.74. The highest BCUT2D eigenvalue weighted by molar-refractivity contribution is 5.68. The van der Waals surface area contributed by atoms with Gasteiger partial charge in [0.05, 0.1) is 38.9 Å². The molecular formula is C36H52N2O6. The smallest absolute Gasteiger partial charge is 0.207 e. The summed E-state index contributed by atoms with van der Waals surface area (Å²) in [5.74, 6) is 4.22. The second-order valence-electron chi connectivity index (χ2n) is 12.4. The fourth-order valence-electron chi connectivity index (χ4n) is 6.29. The van der Waals surface area contributed by atoms with Gasteiger partial charge in [-0.3, -0.25) is 4.90 Å². The minimum Gasteiger partial charge on any atom is -0.490 e. The highest BCUT2D eigenvalue weighted by Gasteiger charge is 2.40. The largest absolute Gasteiger partial charge is 0.490 e. The van der Waals surface area contributed by atoms with Crippen LogP contribution in [0.2, 0.25) is 0 Å². The molecule has 8 heteroatoms. The Labute approximate surface area is 264 Å². The van der Waals surface area contributed by atoms with E-state index >= 15 is 0 Å². The fraction of sp³-hybridized carbons (Fsp3) is 0.639. The number of rotatable bonds is 17. The first-order valence-corrected chi connectivity index (χ1v) is 16.5. The van der Waals surface area contributed by atoms with Gasteiger partial charge in [-0.25, -0.2) is 0 Å². The lowest BCUT2D eigenvalue weighted by molar-refractivity contribution is 0.0191. The molecule has 0 fully saturated rings. The van der Waals surface area contributed by atoms with E-state index in [4.69, 9.17) is 28.4 Å². The molecular weight excluding hydrogens is 556 g/mol. The van der Waals surface area contributed by atoms with Crippen LogP contribution in [-0.4, -0.2) is 58.1 Å². The van der Waals surface area contributed by atoms with Crippen molar-refractivity contribution in [1.82, 2.24) is 4.90 Å². The molecule has 4 rings (SSSR count). The lowest BCUT2D eigenvalue weighted by Gasteiger charge is -2.38. The molecule has 2 aromatic carbocycles. The predicted octanol–water partition coefficient (Wildman–Crippen LogP) is 7.74. The van der Waals surface area contributed by atoms with E-state index in [2.05, 4.69) is 31.9 Å². The number of likely N-dealkylation sites (N-methyl/N-ethyl adjacent to an activating group) is 1. The van der Waals surface area contributed by atoms with Gasteiger partial charge in [0.25, 0.3) is 0 Å². The van der Waals surface area contributed by atoms with Gasteiger partial charge < -0.3 is 28.4 Å². The number of para-hydroxylation sites is 2. The van der Waals surface area contributed by atoms with Crippen LogP contribution in [0.25, 0.3) is 0 Å². The van der Waals surface area contributed by atoms with Crippen LogP contribution in [0.3, 0.4) is 0 Å². The summed E-state index contributed by atoms with van der Waals surface area (Å²) < 4.78 is 37.0. The molecule has 0 amide bonds. The number of nitrogens with zero attached hydrogens (tertiary/aromatic N) is 2. The Morgan fingerprint density at radius 2 is 1.50 bits per heavy atom. The third-order valence-electron chi connectivity index (χ3n) is 9.11. The van der Waals surface area contributed by atoms with E-state index in [9.17, 15) is 5.26 Å². The number of unbranched alkanes of at least 4 members (excludes halogenated alkanes) is 4. The van der Waals surface area contributed by atoms with Crippen molar-refractivity contribution in [2.45, 2.75) is 104 Å². The summed E-state index contributed by atoms with van der Waals surface area (Å²) in [6, 6.07) is 10.5. The monoisotopic (exact) mass is 608 g/mol. The van der Waals surface area contributed by atoms with Gasteiger partial charge in [0, 0.05) is 23.7 Å². The third kappa shape index (κ3) is 7.66. The first kappa shape index (κ1) is 33.6. The van der Waals surface area contributed by atoms with Gasteiger partial charge in [-0.05, 0) is 58.2 Å². The average Bonchev–Trinajstić information content (AvgIpc) is 3.05. The zero-order valence-electron chi connectivity index (χ0n) is 27.7. The normalized spacial score (nSPS) is 18.9. The minimum absolute atomic E-state index is 0.277. The van der Waals surface area contributed by atoms with Gasteiger partial charge in [-0.1, -0.05) is 58.1 Å². The Hall–Kier alpha value is -3.31. The maximum absolute atomic E-state index is 10.3. The Morgan fingerprint density at radius 1 is 0.886 bits per heavy atom. The SMILES string of the molecule is CCCCCOc1c2c(c(OCCCCC)c(OC)c1OC)CN(C)C(CCCC(C)(C#N)C1COc3ccccc3O1)C2. The molecule has 2 aromatic rings. The van der Waals surface area contributed by atoms with E-state index in [-0.39, 0.29) is 12.1 Å². The molecule has 2 heterocycles. The number of hydrogen-bond donors (Lipinski definition) is 0. The minimum atomic E-state index is -0.664. The molecule has 0 aliphatic carbocycles. The van der Waals surface area contributed by atoms with E-state index in [0.29, 0.717) is 37.1 Å². The second kappa shape index (κ2) is 16.1. The predicted molar refractivity (Wildman–Crippen MR) is 172 cm³/mol. The molecule has 3 unspecified atom stereocenters. The Morgan fingerprint density at radius 3 is 2.09 bits per heavy atom. The van der Waals surface area contributed by atoms with Crippen LogP contribution < -0.4 is 28.4 Å². The molecule has 2 aliphatic rings. The van der Waals surface area contributed by atoms with Crippen molar-refractivity contribution < 1.29 is 28.4 Å². The zero-order valence-corrected chi connectivity index (χ0v) is 27.7. The summed E-state index contributed by atoms with van der Waals surface area (Å²) in [7, 11) is 5.52. The summed E-state index contributed by atoms with van der Waals surface area (Å²) in [5, 5.41) is 10.3. The Bertz CT molecular complexity index is 1260. The molecule has 2 aliphatic heterocycles. The first-order valence-electron chi connectivity index (χ1n) is 16.5. The number of methoxy groups -OCH3 is 2. The van der Waals surface area contributed by atoms with Gasteiger partial charge in [0.2, 0.25) is 11.5 Å². The molecule has 0 saturated heterocycles. The molecule has 0 bridgehead atoms. The molecule has 0 aromatic heterocycles. The van der Waals surface area contributed by atoms with Crippen molar-refractivity contribution >= 4 is 0 Å². The van der Waals surface area contributed by atoms with Crippen LogP contribution in [-0.2, 0) is 13.0 Å². The molecule has 0 N–H and O–H groups in total.